The summed E-state index contributed by atoms with van der Waals surface area (Å²) in [6, 6.07) is 16.9. The number of rotatable bonds is 4. The Balaban J connectivity index is 1.59. The number of nitrogens with zero attached hydrogens (tertiary/aromatic N) is 1. The van der Waals surface area contributed by atoms with Gasteiger partial charge in [-0.25, -0.2) is 4.39 Å². The third-order valence-electron chi connectivity index (χ3n) is 5.81. The van der Waals surface area contributed by atoms with Crippen LogP contribution in [0.25, 0.3) is 0 Å². The zero-order valence-corrected chi connectivity index (χ0v) is 14.2. The molecule has 1 saturated heterocycles. The number of hydrogen-bond acceptors (Lipinski definition) is 2. The van der Waals surface area contributed by atoms with Crippen LogP contribution in [0.4, 0.5) is 4.39 Å². The minimum atomic E-state index is -0.657. The van der Waals surface area contributed by atoms with Crippen molar-refractivity contribution < 1.29 is 9.18 Å². The van der Waals surface area contributed by atoms with Crippen LogP contribution in [0.15, 0.2) is 54.6 Å². The predicted octanol–water partition coefficient (Wildman–Crippen LogP) is 3.06. The van der Waals surface area contributed by atoms with Gasteiger partial charge in [-0.2, -0.15) is 0 Å². The number of amides is 1. The van der Waals surface area contributed by atoms with Gasteiger partial charge in [-0.3, -0.25) is 4.79 Å². The summed E-state index contributed by atoms with van der Waals surface area (Å²) >= 11 is 0. The van der Waals surface area contributed by atoms with E-state index in [4.69, 9.17) is 5.73 Å². The van der Waals surface area contributed by atoms with Gasteiger partial charge in [0.25, 0.3) is 0 Å². The molecule has 2 aromatic carbocycles. The topological polar surface area (TPSA) is 46.3 Å². The molecule has 3 nitrogen and oxygen atoms in total. The Morgan fingerprint density at radius 1 is 1.08 bits per heavy atom. The Morgan fingerprint density at radius 3 is 2.40 bits per heavy atom. The minimum Gasteiger partial charge on any atom is -0.341 e. The van der Waals surface area contributed by atoms with E-state index < -0.39 is 5.41 Å². The molecule has 2 fully saturated rings. The average Bonchev–Trinajstić information content (AvgIpc) is 3.34. The summed E-state index contributed by atoms with van der Waals surface area (Å²) in [5.74, 6) is 0.298. The summed E-state index contributed by atoms with van der Waals surface area (Å²) in [5.41, 5.74) is 7.10. The van der Waals surface area contributed by atoms with E-state index in [0.717, 1.165) is 12.8 Å². The summed E-state index contributed by atoms with van der Waals surface area (Å²) in [7, 11) is 0. The van der Waals surface area contributed by atoms with Crippen LogP contribution in [0.1, 0.15) is 29.9 Å². The van der Waals surface area contributed by atoms with Crippen LogP contribution < -0.4 is 5.73 Å². The summed E-state index contributed by atoms with van der Waals surface area (Å²) in [5, 5.41) is 0. The van der Waals surface area contributed by atoms with Crippen LogP contribution in [-0.2, 0) is 10.2 Å². The molecule has 4 heteroatoms. The highest BCUT2D eigenvalue weighted by molar-refractivity contribution is 5.91. The molecule has 2 N–H and O–H groups in total. The number of halogens is 1. The maximum Gasteiger partial charge on any atom is 0.233 e. The number of nitrogens with two attached hydrogens (primary N) is 1. The Bertz CT molecular complexity index is 772. The van der Waals surface area contributed by atoms with E-state index >= 15 is 0 Å². The van der Waals surface area contributed by atoms with E-state index in [1.165, 1.54) is 11.6 Å². The van der Waals surface area contributed by atoms with Gasteiger partial charge in [-0.1, -0.05) is 48.5 Å². The smallest absolute Gasteiger partial charge is 0.233 e. The third kappa shape index (κ3) is 2.74. The highest BCUT2D eigenvalue weighted by atomic mass is 19.1. The van der Waals surface area contributed by atoms with Gasteiger partial charge in [0.05, 0.1) is 5.41 Å². The first kappa shape index (κ1) is 16.3. The Kier molecular flexibility index (Phi) is 4.08. The van der Waals surface area contributed by atoms with Crippen LogP contribution in [0, 0.1) is 11.7 Å². The minimum absolute atomic E-state index is 0.0643. The molecule has 1 amide bonds. The molecule has 1 saturated carbocycles. The number of carbonyl (C=O) groups excluding carboxylic acids is 1. The van der Waals surface area contributed by atoms with E-state index in [0.29, 0.717) is 25.2 Å². The lowest BCUT2D eigenvalue weighted by molar-refractivity contribution is -0.133. The molecule has 4 rings (SSSR count). The lowest BCUT2D eigenvalue weighted by Gasteiger charge is -2.24. The Morgan fingerprint density at radius 2 is 1.76 bits per heavy atom. The Hall–Kier alpha value is -2.20. The van der Waals surface area contributed by atoms with Gasteiger partial charge in [0, 0.05) is 24.6 Å². The molecule has 1 heterocycles. The van der Waals surface area contributed by atoms with E-state index in [9.17, 15) is 9.18 Å². The first-order chi connectivity index (χ1) is 12.2. The molecular formula is C21H23FN2O. The molecule has 2 aromatic rings. The second-order valence-corrected chi connectivity index (χ2v) is 7.29. The van der Waals surface area contributed by atoms with Crippen LogP contribution in [0.2, 0.25) is 0 Å². The number of likely N-dealkylation sites (tertiary alicyclic amines) is 1. The van der Waals surface area contributed by atoms with Gasteiger partial charge in [0.1, 0.15) is 5.82 Å². The summed E-state index contributed by atoms with van der Waals surface area (Å²) in [6.07, 6.45) is 1.46. The predicted molar refractivity (Wildman–Crippen MR) is 95.6 cm³/mol. The molecule has 130 valence electrons. The molecule has 1 aliphatic heterocycles. The van der Waals surface area contributed by atoms with Gasteiger partial charge >= 0.3 is 0 Å². The summed E-state index contributed by atoms with van der Waals surface area (Å²) < 4.78 is 14.3. The van der Waals surface area contributed by atoms with Crippen molar-refractivity contribution in [2.45, 2.75) is 24.2 Å². The number of hydrogen-bond donors (Lipinski definition) is 1. The molecule has 25 heavy (non-hydrogen) atoms. The largest absolute Gasteiger partial charge is 0.341 e. The van der Waals surface area contributed by atoms with Crippen LogP contribution in [0.3, 0.4) is 0 Å². The van der Waals surface area contributed by atoms with Crippen molar-refractivity contribution in [1.29, 1.82) is 0 Å². The van der Waals surface area contributed by atoms with Crippen molar-refractivity contribution in [3.8, 4) is 0 Å². The van der Waals surface area contributed by atoms with Gasteiger partial charge in [0.2, 0.25) is 5.91 Å². The van der Waals surface area contributed by atoms with Gasteiger partial charge < -0.3 is 10.6 Å². The molecule has 0 bridgehead atoms. The molecule has 2 aliphatic rings. The number of benzene rings is 2. The Labute approximate surface area is 147 Å². The lowest BCUT2D eigenvalue weighted by Crippen LogP contribution is -2.38. The fourth-order valence-electron chi connectivity index (χ4n) is 4.23. The fraction of sp³-hybridized carbons (Fsp3) is 0.381. The quantitative estimate of drug-likeness (QED) is 0.931. The van der Waals surface area contributed by atoms with E-state index in [1.54, 1.807) is 12.1 Å². The molecule has 1 aliphatic carbocycles. The third-order valence-corrected chi connectivity index (χ3v) is 5.81. The molecular weight excluding hydrogens is 315 g/mol. The molecule has 0 aromatic heterocycles. The number of carbonyl (C=O) groups is 1. The van der Waals surface area contributed by atoms with Gasteiger partial charge in [-0.05, 0) is 36.9 Å². The standard InChI is InChI=1S/C21H23FN2O/c22-19-9-5-4-8-18(19)21(10-11-21)20(25)24-13-16(12-23)17(14-24)15-6-2-1-3-7-15/h1-9,16-17H,10-14,23H2/t16-,17+/m1/s1. The molecule has 0 unspecified atom stereocenters. The van der Waals surface area contributed by atoms with Crippen molar-refractivity contribution in [1.82, 2.24) is 4.90 Å². The first-order valence-electron chi connectivity index (χ1n) is 8.95. The van der Waals surface area contributed by atoms with Gasteiger partial charge in [0.15, 0.2) is 0 Å². The SMILES string of the molecule is NC[C@@H]1CN(C(=O)C2(c3ccccc3F)CC2)C[C@H]1c1ccccc1. The molecule has 0 radical (unpaired) electrons. The van der Waals surface area contributed by atoms with Crippen molar-refractivity contribution >= 4 is 5.91 Å². The summed E-state index contributed by atoms with van der Waals surface area (Å²) in [6.45, 7) is 1.88. The summed E-state index contributed by atoms with van der Waals surface area (Å²) in [4.78, 5) is 15.2. The average molecular weight is 338 g/mol. The monoisotopic (exact) mass is 338 g/mol. The van der Waals surface area contributed by atoms with Crippen LogP contribution in [-0.4, -0.2) is 30.4 Å². The van der Waals surface area contributed by atoms with E-state index in [2.05, 4.69) is 12.1 Å². The van der Waals surface area contributed by atoms with E-state index in [1.807, 2.05) is 29.2 Å². The molecule has 0 spiro atoms. The maximum atomic E-state index is 14.3. The van der Waals surface area contributed by atoms with Gasteiger partial charge in [-0.15, -0.1) is 0 Å². The van der Waals surface area contributed by atoms with Crippen molar-refractivity contribution in [2.24, 2.45) is 11.7 Å². The van der Waals surface area contributed by atoms with Crippen molar-refractivity contribution in [3.63, 3.8) is 0 Å². The lowest BCUT2D eigenvalue weighted by atomic mass is 9.89. The highest BCUT2D eigenvalue weighted by Gasteiger charge is 2.55. The second kappa shape index (κ2) is 6.26. The first-order valence-corrected chi connectivity index (χ1v) is 8.95. The van der Waals surface area contributed by atoms with Crippen molar-refractivity contribution in [3.05, 3.63) is 71.5 Å². The van der Waals surface area contributed by atoms with Crippen LogP contribution in [0.5, 0.6) is 0 Å². The van der Waals surface area contributed by atoms with E-state index in [-0.39, 0.29) is 23.6 Å². The van der Waals surface area contributed by atoms with Crippen LogP contribution >= 0.6 is 0 Å². The molecule has 2 atom stereocenters. The maximum absolute atomic E-state index is 14.3. The second-order valence-electron chi connectivity index (χ2n) is 7.29. The zero-order valence-electron chi connectivity index (χ0n) is 14.2. The highest BCUT2D eigenvalue weighted by Crippen LogP contribution is 2.51. The van der Waals surface area contributed by atoms with Crippen molar-refractivity contribution in [2.75, 3.05) is 19.6 Å². The zero-order chi connectivity index (χ0) is 17.4. The normalized spacial score (nSPS) is 24.3. The fourth-order valence-corrected chi connectivity index (χ4v) is 4.23.